The van der Waals surface area contributed by atoms with Crippen molar-refractivity contribution in [2.45, 2.75) is 6.92 Å². The van der Waals surface area contributed by atoms with E-state index in [1.807, 2.05) is 37.3 Å². The average Bonchev–Trinajstić information content (AvgIpc) is 2.91. The zero-order valence-electron chi connectivity index (χ0n) is 11.2. The average molecular weight is 387 g/mol. The summed E-state index contributed by atoms with van der Waals surface area (Å²) >= 11 is 14.4. The van der Waals surface area contributed by atoms with E-state index >= 15 is 0 Å². The Labute approximate surface area is 141 Å². The van der Waals surface area contributed by atoms with Gasteiger partial charge in [0.25, 0.3) is 0 Å². The Morgan fingerprint density at radius 1 is 1.43 bits per heavy atom. The van der Waals surface area contributed by atoms with Gasteiger partial charge in [-0.25, -0.2) is 0 Å². The first-order valence-corrected chi connectivity index (χ1v) is 7.80. The first-order valence-electron chi connectivity index (χ1n) is 6.22. The van der Waals surface area contributed by atoms with E-state index in [2.05, 4.69) is 31.8 Å². The fourth-order valence-electron chi connectivity index (χ4n) is 1.58. The molecule has 110 valence electrons. The van der Waals surface area contributed by atoms with Gasteiger partial charge in [-0.3, -0.25) is 5.43 Å². The van der Waals surface area contributed by atoms with Crippen LogP contribution >= 0.6 is 39.7 Å². The number of nitrogens with zero attached hydrogens (tertiary/aromatic N) is 1. The summed E-state index contributed by atoms with van der Waals surface area (Å²) in [5, 5.41) is 8.03. The molecule has 0 saturated heterocycles. The lowest BCUT2D eigenvalue weighted by Crippen LogP contribution is -2.31. The van der Waals surface area contributed by atoms with Crippen LogP contribution in [-0.2, 0) is 0 Å². The number of hydrogen-bond donors (Lipinski definition) is 2. The number of nitrogens with one attached hydrogen (secondary N) is 2. The number of hydrazone groups is 1. The summed E-state index contributed by atoms with van der Waals surface area (Å²) in [4.78, 5) is 0. The maximum absolute atomic E-state index is 6.07. The highest BCUT2D eigenvalue weighted by Gasteiger charge is 2.06. The molecule has 0 aliphatic heterocycles. The molecule has 0 unspecified atom stereocenters. The second-order valence-electron chi connectivity index (χ2n) is 4.06. The van der Waals surface area contributed by atoms with Crippen molar-refractivity contribution in [2.24, 2.45) is 5.10 Å². The lowest BCUT2D eigenvalue weighted by molar-refractivity contribution is 0.574. The van der Waals surface area contributed by atoms with E-state index in [0.717, 1.165) is 22.3 Å². The molecule has 1 aromatic carbocycles. The topological polar surface area (TPSA) is 49.6 Å². The van der Waals surface area contributed by atoms with Gasteiger partial charge in [-0.15, -0.1) is 0 Å². The minimum absolute atomic E-state index is 0.472. The van der Waals surface area contributed by atoms with Gasteiger partial charge in [0.2, 0.25) is 0 Å². The molecule has 0 radical (unpaired) electrons. The molecule has 0 aliphatic rings. The van der Waals surface area contributed by atoms with Crippen LogP contribution in [0.15, 0.2) is 44.3 Å². The molecule has 21 heavy (non-hydrogen) atoms. The van der Waals surface area contributed by atoms with Gasteiger partial charge in [0.1, 0.15) is 11.5 Å². The predicted octanol–water partition coefficient (Wildman–Crippen LogP) is 4.18. The van der Waals surface area contributed by atoms with Gasteiger partial charge in [0.15, 0.2) is 5.11 Å². The molecule has 2 aromatic rings. The molecule has 0 bridgehead atoms. The zero-order chi connectivity index (χ0) is 15.2. The van der Waals surface area contributed by atoms with Crippen molar-refractivity contribution in [3.8, 4) is 11.3 Å². The third-order valence-electron chi connectivity index (χ3n) is 2.53. The zero-order valence-corrected chi connectivity index (χ0v) is 14.3. The number of halogens is 2. The van der Waals surface area contributed by atoms with Crippen LogP contribution in [0, 0.1) is 0 Å². The van der Waals surface area contributed by atoms with E-state index in [1.165, 1.54) is 0 Å². The number of hydrogen-bond acceptors (Lipinski definition) is 3. The monoisotopic (exact) mass is 385 g/mol. The third kappa shape index (κ3) is 4.56. The quantitative estimate of drug-likeness (QED) is 0.470. The fourth-order valence-corrected chi connectivity index (χ4v) is 2.21. The molecule has 1 aromatic heterocycles. The van der Waals surface area contributed by atoms with Gasteiger partial charge in [0, 0.05) is 16.6 Å². The van der Waals surface area contributed by atoms with Crippen molar-refractivity contribution in [3.05, 3.63) is 45.6 Å². The SMILES string of the molecule is CCNC(=S)NN=Cc1ccc(-c2ccc(Br)c(Cl)c2)o1. The molecule has 4 nitrogen and oxygen atoms in total. The number of benzene rings is 1. The van der Waals surface area contributed by atoms with E-state index in [4.69, 9.17) is 28.2 Å². The molecule has 0 saturated carbocycles. The van der Waals surface area contributed by atoms with Crippen LogP contribution in [-0.4, -0.2) is 17.9 Å². The fraction of sp³-hybridized carbons (Fsp3) is 0.143. The summed E-state index contributed by atoms with van der Waals surface area (Å²) in [5.41, 5.74) is 3.60. The van der Waals surface area contributed by atoms with Crippen molar-refractivity contribution in [3.63, 3.8) is 0 Å². The van der Waals surface area contributed by atoms with Crippen LogP contribution in [0.3, 0.4) is 0 Å². The number of thiocarbonyl (C=S) groups is 1. The Bertz CT molecular complexity index is 672. The Kier molecular flexibility index (Phi) is 5.78. The molecule has 2 N–H and O–H groups in total. The lowest BCUT2D eigenvalue weighted by atomic mass is 10.2. The van der Waals surface area contributed by atoms with Crippen LogP contribution in [0.1, 0.15) is 12.7 Å². The smallest absolute Gasteiger partial charge is 0.186 e. The molecule has 0 aliphatic carbocycles. The number of furan rings is 1. The van der Waals surface area contributed by atoms with E-state index < -0.39 is 0 Å². The summed E-state index contributed by atoms with van der Waals surface area (Å²) < 4.78 is 6.53. The van der Waals surface area contributed by atoms with E-state index in [9.17, 15) is 0 Å². The van der Waals surface area contributed by atoms with E-state index in [0.29, 0.717) is 15.9 Å². The minimum Gasteiger partial charge on any atom is -0.455 e. The molecular weight excluding hydrogens is 374 g/mol. The summed E-state index contributed by atoms with van der Waals surface area (Å²) in [6.45, 7) is 2.70. The van der Waals surface area contributed by atoms with Crippen molar-refractivity contribution in [1.82, 2.24) is 10.7 Å². The van der Waals surface area contributed by atoms with Crippen LogP contribution in [0.4, 0.5) is 0 Å². The van der Waals surface area contributed by atoms with Crippen molar-refractivity contribution in [2.75, 3.05) is 6.54 Å². The van der Waals surface area contributed by atoms with Gasteiger partial charge < -0.3 is 9.73 Å². The van der Waals surface area contributed by atoms with Gasteiger partial charge in [-0.2, -0.15) is 5.10 Å². The molecule has 0 amide bonds. The van der Waals surface area contributed by atoms with Gasteiger partial charge in [-0.1, -0.05) is 17.7 Å². The summed E-state index contributed by atoms with van der Waals surface area (Å²) in [6.07, 6.45) is 1.56. The predicted molar refractivity (Wildman–Crippen MR) is 93.9 cm³/mol. The Balaban J connectivity index is 2.05. The van der Waals surface area contributed by atoms with Crippen LogP contribution < -0.4 is 10.7 Å². The summed E-state index contributed by atoms with van der Waals surface area (Å²) in [5.74, 6) is 1.34. The largest absolute Gasteiger partial charge is 0.455 e. The van der Waals surface area contributed by atoms with Crippen molar-refractivity contribution in [1.29, 1.82) is 0 Å². The molecule has 0 spiro atoms. The van der Waals surface area contributed by atoms with Gasteiger partial charge in [0.05, 0.1) is 11.2 Å². The normalized spacial score (nSPS) is 10.8. The maximum Gasteiger partial charge on any atom is 0.186 e. The second kappa shape index (κ2) is 7.59. The maximum atomic E-state index is 6.07. The van der Waals surface area contributed by atoms with Crippen LogP contribution in [0.5, 0.6) is 0 Å². The Morgan fingerprint density at radius 2 is 2.24 bits per heavy atom. The lowest BCUT2D eigenvalue weighted by Gasteiger charge is -2.02. The van der Waals surface area contributed by atoms with Crippen molar-refractivity contribution >= 4 is 51.1 Å². The Morgan fingerprint density at radius 3 is 2.95 bits per heavy atom. The minimum atomic E-state index is 0.472. The summed E-state index contributed by atoms with van der Waals surface area (Å²) in [7, 11) is 0. The van der Waals surface area contributed by atoms with Crippen LogP contribution in [0.25, 0.3) is 11.3 Å². The highest BCUT2D eigenvalue weighted by molar-refractivity contribution is 9.10. The van der Waals surface area contributed by atoms with E-state index in [-0.39, 0.29) is 0 Å². The standard InChI is InChI=1S/C14H13BrClN3OS/c1-2-17-14(21)19-18-8-10-4-6-13(20-10)9-3-5-11(15)12(16)7-9/h3-8H,2H2,1H3,(H2,17,19,21). The van der Waals surface area contributed by atoms with Gasteiger partial charge >= 0.3 is 0 Å². The Hall–Kier alpha value is -1.37. The molecule has 2 rings (SSSR count). The summed E-state index contributed by atoms with van der Waals surface area (Å²) in [6, 6.07) is 9.33. The molecule has 0 fully saturated rings. The highest BCUT2D eigenvalue weighted by atomic mass is 79.9. The molecule has 1 heterocycles. The second-order valence-corrected chi connectivity index (χ2v) is 5.73. The van der Waals surface area contributed by atoms with Gasteiger partial charge in [-0.05, 0) is 59.3 Å². The van der Waals surface area contributed by atoms with Crippen molar-refractivity contribution < 1.29 is 4.42 Å². The first-order chi connectivity index (χ1) is 10.1. The highest BCUT2D eigenvalue weighted by Crippen LogP contribution is 2.29. The molecular formula is C14H13BrClN3OS. The number of rotatable bonds is 4. The van der Waals surface area contributed by atoms with Crippen LogP contribution in [0.2, 0.25) is 5.02 Å². The van der Waals surface area contributed by atoms with E-state index in [1.54, 1.807) is 6.21 Å². The first kappa shape index (κ1) is 16.0. The third-order valence-corrected chi connectivity index (χ3v) is 3.99. The molecule has 0 atom stereocenters. The molecule has 7 heteroatoms.